The van der Waals surface area contributed by atoms with E-state index in [0.717, 1.165) is 24.2 Å². The second kappa shape index (κ2) is 5.31. The molecule has 1 saturated heterocycles. The average molecular weight is 312 g/mol. The van der Waals surface area contributed by atoms with Gasteiger partial charge in [0.2, 0.25) is 0 Å². The third kappa shape index (κ3) is 2.27. The first kappa shape index (κ1) is 14.4. The van der Waals surface area contributed by atoms with E-state index in [0.29, 0.717) is 5.76 Å². The van der Waals surface area contributed by atoms with Gasteiger partial charge in [0.15, 0.2) is 5.76 Å². The molecule has 0 atom stereocenters. The molecule has 0 saturated carbocycles. The highest BCUT2D eigenvalue weighted by atomic mass is 32.2. The van der Waals surface area contributed by atoms with Crippen LogP contribution in [0.2, 0.25) is 0 Å². The van der Waals surface area contributed by atoms with E-state index in [9.17, 15) is 4.79 Å². The second-order valence-electron chi connectivity index (χ2n) is 5.49. The van der Waals surface area contributed by atoms with Gasteiger partial charge >= 0.3 is 5.91 Å². The number of amides is 1. The van der Waals surface area contributed by atoms with Gasteiger partial charge in [0.25, 0.3) is 0 Å². The summed E-state index contributed by atoms with van der Waals surface area (Å²) in [5, 5.41) is 1.65. The fraction of sp³-hybridized carbons (Fsp3) is 0.643. The van der Waals surface area contributed by atoms with Crippen molar-refractivity contribution in [3.8, 4) is 0 Å². The maximum atomic E-state index is 12.2. The molecule has 0 bridgehead atoms. The Labute approximate surface area is 128 Å². The van der Waals surface area contributed by atoms with Crippen LogP contribution in [0.5, 0.6) is 0 Å². The lowest BCUT2D eigenvalue weighted by atomic mass is 9.94. The number of nitrogens with one attached hydrogen (secondary N) is 1. The zero-order valence-electron chi connectivity index (χ0n) is 12.1. The first-order valence-electron chi connectivity index (χ1n) is 6.92. The number of furan rings is 1. The van der Waals surface area contributed by atoms with E-state index < -0.39 is 0 Å². The van der Waals surface area contributed by atoms with Gasteiger partial charge in [0, 0.05) is 43.1 Å². The highest BCUT2D eigenvalue weighted by Gasteiger charge is 2.45. The normalized spacial score (nSPS) is 20.4. The Kier molecular flexibility index (Phi) is 3.81. The molecule has 2 aliphatic rings. The molecule has 3 rings (SSSR count). The number of hydrogen-bond acceptors (Lipinski definition) is 5. The Morgan fingerprint density at radius 3 is 2.70 bits per heavy atom. The smallest absolute Gasteiger partial charge is 0.301 e. The number of thioether (sulfide) groups is 2. The van der Waals surface area contributed by atoms with Crippen LogP contribution in [-0.4, -0.2) is 36.5 Å². The van der Waals surface area contributed by atoms with Crippen molar-refractivity contribution in [1.82, 2.24) is 10.4 Å². The van der Waals surface area contributed by atoms with Crippen molar-refractivity contribution in [3.05, 3.63) is 22.6 Å². The molecule has 1 N–H and O–H groups in total. The van der Waals surface area contributed by atoms with Gasteiger partial charge in [0.1, 0.15) is 5.76 Å². The average Bonchev–Trinajstić information content (AvgIpc) is 2.95. The van der Waals surface area contributed by atoms with Crippen molar-refractivity contribution in [1.29, 1.82) is 0 Å². The number of carbonyl (C=O) groups excluding carboxylic acids is 1. The predicted molar refractivity (Wildman–Crippen MR) is 84.1 cm³/mol. The van der Waals surface area contributed by atoms with Crippen LogP contribution in [0.3, 0.4) is 0 Å². The van der Waals surface area contributed by atoms with Crippen LogP contribution < -0.4 is 5.43 Å². The zero-order valence-corrected chi connectivity index (χ0v) is 13.7. The quantitative estimate of drug-likeness (QED) is 0.851. The molecule has 1 amide bonds. The lowest BCUT2D eigenvalue weighted by Crippen LogP contribution is -2.36. The van der Waals surface area contributed by atoms with Gasteiger partial charge in [-0.3, -0.25) is 10.2 Å². The van der Waals surface area contributed by atoms with Crippen molar-refractivity contribution in [2.75, 3.05) is 25.6 Å². The number of rotatable bonds is 2. The van der Waals surface area contributed by atoms with E-state index in [1.807, 2.05) is 30.4 Å². The van der Waals surface area contributed by atoms with E-state index in [-0.39, 0.29) is 9.99 Å². The lowest BCUT2D eigenvalue weighted by Gasteiger charge is -2.31. The van der Waals surface area contributed by atoms with Crippen molar-refractivity contribution < 1.29 is 9.21 Å². The number of nitrogens with zero attached hydrogens (tertiary/aromatic N) is 1. The van der Waals surface area contributed by atoms with Crippen molar-refractivity contribution in [2.45, 2.75) is 30.3 Å². The molecule has 0 aromatic carbocycles. The molecule has 1 aromatic rings. The summed E-state index contributed by atoms with van der Waals surface area (Å²) in [5.41, 5.74) is 5.10. The Hall–Kier alpha value is -0.590. The Morgan fingerprint density at radius 2 is 2.05 bits per heavy atom. The minimum absolute atomic E-state index is 0.137. The van der Waals surface area contributed by atoms with Gasteiger partial charge in [-0.05, 0) is 19.8 Å². The highest BCUT2D eigenvalue weighted by Crippen LogP contribution is 2.59. The van der Waals surface area contributed by atoms with E-state index in [1.165, 1.54) is 23.5 Å². The van der Waals surface area contributed by atoms with Crippen LogP contribution in [0.4, 0.5) is 0 Å². The molecule has 2 heterocycles. The molecule has 1 aliphatic carbocycles. The van der Waals surface area contributed by atoms with Crippen LogP contribution in [0.25, 0.3) is 0 Å². The SMILES string of the molecule is Cc1c(C(=O)NN(C)C)oc2c1C1(CCC2)SCCS1. The summed E-state index contributed by atoms with van der Waals surface area (Å²) < 4.78 is 6.06. The van der Waals surface area contributed by atoms with Crippen molar-refractivity contribution >= 4 is 29.4 Å². The summed E-state index contributed by atoms with van der Waals surface area (Å²) in [7, 11) is 3.61. The predicted octanol–water partition coefficient (Wildman–Crippen LogP) is 2.76. The molecule has 4 nitrogen and oxygen atoms in total. The summed E-state index contributed by atoms with van der Waals surface area (Å²) in [4.78, 5) is 12.2. The maximum Gasteiger partial charge on any atom is 0.301 e. The molecule has 1 spiro atoms. The van der Waals surface area contributed by atoms with Gasteiger partial charge in [-0.1, -0.05) is 0 Å². The van der Waals surface area contributed by atoms with Gasteiger partial charge in [0.05, 0.1) is 4.08 Å². The highest BCUT2D eigenvalue weighted by molar-refractivity contribution is 8.20. The first-order chi connectivity index (χ1) is 9.53. The van der Waals surface area contributed by atoms with Crippen LogP contribution in [0, 0.1) is 6.92 Å². The third-order valence-electron chi connectivity index (χ3n) is 3.80. The van der Waals surface area contributed by atoms with Crippen LogP contribution >= 0.6 is 23.5 Å². The molecular weight excluding hydrogens is 292 g/mol. The summed E-state index contributed by atoms with van der Waals surface area (Å²) in [6.45, 7) is 2.03. The molecular formula is C14H20N2O2S2. The minimum atomic E-state index is -0.148. The Bertz CT molecular complexity index is 534. The standard InChI is InChI=1S/C14H20N2O2S2/c1-9-11-10(18-12(9)13(17)15-16(2)3)5-4-6-14(11)19-7-8-20-14/h4-8H2,1-3H3,(H,15,17). The number of carbonyl (C=O) groups is 1. The molecule has 0 radical (unpaired) electrons. The van der Waals surface area contributed by atoms with E-state index in [2.05, 4.69) is 5.43 Å². The van der Waals surface area contributed by atoms with E-state index >= 15 is 0 Å². The monoisotopic (exact) mass is 312 g/mol. The molecule has 1 aliphatic heterocycles. The van der Waals surface area contributed by atoms with Gasteiger partial charge in [-0.2, -0.15) is 0 Å². The number of fused-ring (bicyclic) bond motifs is 2. The van der Waals surface area contributed by atoms with E-state index in [4.69, 9.17) is 4.42 Å². The van der Waals surface area contributed by atoms with Gasteiger partial charge in [-0.25, -0.2) is 5.01 Å². The zero-order chi connectivity index (χ0) is 14.3. The Morgan fingerprint density at radius 1 is 1.35 bits per heavy atom. The molecule has 6 heteroatoms. The van der Waals surface area contributed by atoms with Crippen LogP contribution in [0.15, 0.2) is 4.42 Å². The molecule has 0 unspecified atom stereocenters. The molecule has 1 aromatic heterocycles. The maximum absolute atomic E-state index is 12.2. The fourth-order valence-corrected chi connectivity index (χ4v) is 6.63. The third-order valence-corrected chi connectivity index (χ3v) is 7.33. The number of hydrazine groups is 1. The van der Waals surface area contributed by atoms with Crippen LogP contribution in [-0.2, 0) is 10.5 Å². The topological polar surface area (TPSA) is 45.5 Å². The fourth-order valence-electron chi connectivity index (χ4n) is 3.07. The molecule has 20 heavy (non-hydrogen) atoms. The van der Waals surface area contributed by atoms with E-state index in [1.54, 1.807) is 19.1 Å². The van der Waals surface area contributed by atoms with Crippen molar-refractivity contribution in [2.24, 2.45) is 0 Å². The summed E-state index contributed by atoms with van der Waals surface area (Å²) in [6, 6.07) is 0. The lowest BCUT2D eigenvalue weighted by molar-refractivity contribution is 0.0824. The largest absolute Gasteiger partial charge is 0.455 e. The van der Waals surface area contributed by atoms with Gasteiger partial charge in [-0.15, -0.1) is 23.5 Å². The Balaban J connectivity index is 2.01. The number of aryl methyl sites for hydroxylation is 1. The van der Waals surface area contributed by atoms with Gasteiger partial charge < -0.3 is 4.42 Å². The molecule has 1 fully saturated rings. The summed E-state index contributed by atoms with van der Waals surface area (Å²) >= 11 is 4.04. The summed E-state index contributed by atoms with van der Waals surface area (Å²) in [6.07, 6.45) is 3.29. The number of hydrogen-bond donors (Lipinski definition) is 1. The minimum Gasteiger partial charge on any atom is -0.455 e. The summed E-state index contributed by atoms with van der Waals surface area (Å²) in [5.74, 6) is 3.74. The van der Waals surface area contributed by atoms with Crippen LogP contribution in [0.1, 0.15) is 40.3 Å². The molecule has 110 valence electrons. The second-order valence-corrected chi connectivity index (χ2v) is 8.54. The van der Waals surface area contributed by atoms with Crippen molar-refractivity contribution in [3.63, 3.8) is 0 Å². The first-order valence-corrected chi connectivity index (χ1v) is 8.89.